The number of benzene rings is 1. The van der Waals surface area contributed by atoms with E-state index in [-0.39, 0.29) is 24.6 Å². The molecule has 5 nitrogen and oxygen atoms in total. The van der Waals surface area contributed by atoms with E-state index < -0.39 is 5.97 Å². The van der Waals surface area contributed by atoms with Crippen LogP contribution in [0.2, 0.25) is 0 Å². The minimum atomic E-state index is -0.549. The van der Waals surface area contributed by atoms with Gasteiger partial charge in [0, 0.05) is 17.8 Å². The Balaban J connectivity index is 1.98. The lowest BCUT2D eigenvalue weighted by atomic mass is 9.97. The Kier molecular flexibility index (Phi) is 5.06. The maximum Gasteiger partial charge on any atom is 0.340 e. The van der Waals surface area contributed by atoms with E-state index in [1.807, 2.05) is 31.7 Å². The lowest BCUT2D eigenvalue weighted by molar-refractivity contribution is -0.140. The molecule has 1 fully saturated rings. The number of rotatable bonds is 3. The van der Waals surface area contributed by atoms with Crippen LogP contribution in [0.5, 0.6) is 0 Å². The summed E-state index contributed by atoms with van der Waals surface area (Å²) in [5.41, 5.74) is 7.41. The molecule has 2 atom stereocenters. The summed E-state index contributed by atoms with van der Waals surface area (Å²) in [6.07, 6.45) is 3.12. The van der Waals surface area contributed by atoms with Gasteiger partial charge in [0.1, 0.15) is 0 Å². The number of ether oxygens (including phenoxy) is 1. The van der Waals surface area contributed by atoms with E-state index >= 15 is 0 Å². The lowest BCUT2D eigenvalue weighted by Gasteiger charge is -2.38. The Morgan fingerprint density at radius 3 is 2.55 bits per heavy atom. The molecular formula is C17H24N2O3. The van der Waals surface area contributed by atoms with Gasteiger partial charge in [0.2, 0.25) is 0 Å². The molecule has 0 saturated carbocycles. The minimum absolute atomic E-state index is 0.140. The Morgan fingerprint density at radius 2 is 1.91 bits per heavy atom. The molecule has 120 valence electrons. The van der Waals surface area contributed by atoms with Crippen molar-refractivity contribution in [3.8, 4) is 0 Å². The summed E-state index contributed by atoms with van der Waals surface area (Å²) < 4.78 is 5.17. The third-order valence-corrected chi connectivity index (χ3v) is 4.35. The van der Waals surface area contributed by atoms with Gasteiger partial charge in [0.15, 0.2) is 6.61 Å². The van der Waals surface area contributed by atoms with Gasteiger partial charge in [-0.3, -0.25) is 4.79 Å². The molecule has 0 unspecified atom stereocenters. The first-order valence-corrected chi connectivity index (χ1v) is 7.75. The summed E-state index contributed by atoms with van der Waals surface area (Å²) in [4.78, 5) is 26.2. The second-order valence-electron chi connectivity index (χ2n) is 6.04. The van der Waals surface area contributed by atoms with Crippen LogP contribution in [0, 0.1) is 6.92 Å². The second kappa shape index (κ2) is 6.81. The van der Waals surface area contributed by atoms with Crippen LogP contribution in [-0.2, 0) is 9.53 Å². The van der Waals surface area contributed by atoms with Crippen LogP contribution in [-0.4, -0.2) is 35.5 Å². The average Bonchev–Trinajstić information content (AvgIpc) is 2.47. The summed E-state index contributed by atoms with van der Waals surface area (Å²) >= 11 is 0. The molecule has 0 radical (unpaired) electrons. The molecule has 1 amide bonds. The zero-order valence-corrected chi connectivity index (χ0v) is 13.5. The molecule has 0 aliphatic carbocycles. The molecule has 1 saturated heterocycles. The third-order valence-electron chi connectivity index (χ3n) is 4.35. The van der Waals surface area contributed by atoms with Crippen LogP contribution in [0.1, 0.15) is 49.0 Å². The maximum absolute atomic E-state index is 12.3. The number of carbonyl (C=O) groups is 2. The number of nitrogen functional groups attached to an aromatic ring is 1. The van der Waals surface area contributed by atoms with Crippen molar-refractivity contribution in [2.75, 3.05) is 12.3 Å². The molecule has 2 rings (SSSR count). The third kappa shape index (κ3) is 3.40. The van der Waals surface area contributed by atoms with E-state index in [0.717, 1.165) is 24.8 Å². The van der Waals surface area contributed by atoms with E-state index in [1.165, 1.54) is 0 Å². The molecule has 5 heteroatoms. The Hall–Kier alpha value is -2.04. The fourth-order valence-electron chi connectivity index (χ4n) is 3.05. The van der Waals surface area contributed by atoms with Crippen molar-refractivity contribution in [2.45, 2.75) is 52.1 Å². The zero-order chi connectivity index (χ0) is 16.3. The Labute approximate surface area is 131 Å². The van der Waals surface area contributed by atoms with Crippen LogP contribution in [0.4, 0.5) is 5.69 Å². The van der Waals surface area contributed by atoms with Gasteiger partial charge in [-0.15, -0.1) is 0 Å². The number of anilines is 1. The highest BCUT2D eigenvalue weighted by Crippen LogP contribution is 2.23. The number of nitrogens with zero attached hydrogens (tertiary/aromatic N) is 1. The van der Waals surface area contributed by atoms with Gasteiger partial charge < -0.3 is 15.4 Å². The molecule has 1 heterocycles. The van der Waals surface area contributed by atoms with Gasteiger partial charge in [-0.05, 0) is 51.7 Å². The van der Waals surface area contributed by atoms with E-state index in [2.05, 4.69) is 0 Å². The highest BCUT2D eigenvalue weighted by molar-refractivity contribution is 5.96. The number of piperidine rings is 1. The topological polar surface area (TPSA) is 72.6 Å². The van der Waals surface area contributed by atoms with E-state index in [4.69, 9.17) is 10.5 Å². The standard InChI is InChI=1S/C17H24N2O3/c1-11-6-4-9-14(16(11)18)17(21)22-10-15(20)19-12(2)7-5-8-13(19)3/h4,6,9,12-13H,5,7-8,10,18H2,1-3H3/t12-,13-/m0/s1. The van der Waals surface area contributed by atoms with Crippen molar-refractivity contribution in [3.63, 3.8) is 0 Å². The zero-order valence-electron chi connectivity index (χ0n) is 13.5. The number of aryl methyl sites for hydroxylation is 1. The van der Waals surface area contributed by atoms with E-state index in [0.29, 0.717) is 11.3 Å². The highest BCUT2D eigenvalue weighted by atomic mass is 16.5. The number of carbonyl (C=O) groups excluding carboxylic acids is 2. The molecule has 1 aliphatic heterocycles. The first-order valence-electron chi connectivity index (χ1n) is 7.75. The molecule has 22 heavy (non-hydrogen) atoms. The van der Waals surface area contributed by atoms with Crippen LogP contribution >= 0.6 is 0 Å². The quantitative estimate of drug-likeness (QED) is 0.688. The predicted octanol–water partition coefficient (Wildman–Crippen LogP) is 2.52. The molecule has 0 aromatic heterocycles. The van der Waals surface area contributed by atoms with Gasteiger partial charge in [0.25, 0.3) is 5.91 Å². The molecule has 1 aliphatic rings. The van der Waals surface area contributed by atoms with Crippen molar-refractivity contribution < 1.29 is 14.3 Å². The molecule has 1 aromatic rings. The highest BCUT2D eigenvalue weighted by Gasteiger charge is 2.29. The molecule has 0 spiro atoms. The van der Waals surface area contributed by atoms with Crippen molar-refractivity contribution >= 4 is 17.6 Å². The van der Waals surface area contributed by atoms with Crippen LogP contribution < -0.4 is 5.73 Å². The van der Waals surface area contributed by atoms with Gasteiger partial charge in [-0.25, -0.2) is 4.79 Å². The summed E-state index contributed by atoms with van der Waals surface area (Å²) in [7, 11) is 0. The molecule has 2 N–H and O–H groups in total. The van der Waals surface area contributed by atoms with Gasteiger partial charge in [-0.1, -0.05) is 12.1 Å². The SMILES string of the molecule is Cc1cccc(C(=O)OCC(=O)N2[C@@H](C)CCC[C@@H]2C)c1N. The van der Waals surface area contributed by atoms with Gasteiger partial charge in [-0.2, -0.15) is 0 Å². The van der Waals surface area contributed by atoms with Gasteiger partial charge >= 0.3 is 5.97 Å². The van der Waals surface area contributed by atoms with Crippen LogP contribution in [0.3, 0.4) is 0 Å². The number of hydrogen-bond acceptors (Lipinski definition) is 4. The summed E-state index contributed by atoms with van der Waals surface area (Å²) in [6.45, 7) is 5.66. The van der Waals surface area contributed by atoms with Crippen molar-refractivity contribution in [2.24, 2.45) is 0 Å². The summed E-state index contributed by atoms with van der Waals surface area (Å²) in [6, 6.07) is 5.58. The number of likely N-dealkylation sites (tertiary alicyclic amines) is 1. The first kappa shape index (κ1) is 16.3. The largest absolute Gasteiger partial charge is 0.452 e. The van der Waals surface area contributed by atoms with Crippen LogP contribution in [0.25, 0.3) is 0 Å². The number of para-hydroxylation sites is 1. The number of amides is 1. The van der Waals surface area contributed by atoms with E-state index in [1.54, 1.807) is 12.1 Å². The maximum atomic E-state index is 12.3. The lowest BCUT2D eigenvalue weighted by Crippen LogP contribution is -2.49. The molecular weight excluding hydrogens is 280 g/mol. The molecule has 1 aromatic carbocycles. The molecule has 0 bridgehead atoms. The average molecular weight is 304 g/mol. The normalized spacial score (nSPS) is 21.5. The smallest absolute Gasteiger partial charge is 0.340 e. The Morgan fingerprint density at radius 1 is 1.27 bits per heavy atom. The summed E-state index contributed by atoms with van der Waals surface area (Å²) in [5, 5.41) is 0. The van der Waals surface area contributed by atoms with Crippen molar-refractivity contribution in [1.82, 2.24) is 4.90 Å². The first-order chi connectivity index (χ1) is 10.4. The minimum Gasteiger partial charge on any atom is -0.452 e. The fraction of sp³-hybridized carbons (Fsp3) is 0.529. The Bertz CT molecular complexity index is 561. The van der Waals surface area contributed by atoms with Gasteiger partial charge in [0.05, 0.1) is 5.56 Å². The number of nitrogens with two attached hydrogens (primary N) is 1. The predicted molar refractivity (Wildman–Crippen MR) is 85.5 cm³/mol. The summed E-state index contributed by atoms with van der Waals surface area (Å²) in [5.74, 6) is -0.689. The fourth-order valence-corrected chi connectivity index (χ4v) is 3.05. The van der Waals surface area contributed by atoms with Crippen LogP contribution in [0.15, 0.2) is 18.2 Å². The van der Waals surface area contributed by atoms with Crippen molar-refractivity contribution in [3.05, 3.63) is 29.3 Å². The monoisotopic (exact) mass is 304 g/mol. The number of hydrogen-bond donors (Lipinski definition) is 1. The van der Waals surface area contributed by atoms with Crippen molar-refractivity contribution in [1.29, 1.82) is 0 Å². The number of esters is 1. The second-order valence-corrected chi connectivity index (χ2v) is 6.04. The van der Waals surface area contributed by atoms with E-state index in [9.17, 15) is 9.59 Å².